The van der Waals surface area contributed by atoms with Crippen molar-refractivity contribution in [2.75, 3.05) is 0 Å². The lowest BCUT2D eigenvalue weighted by Gasteiger charge is -1.85. The van der Waals surface area contributed by atoms with Crippen LogP contribution in [0.5, 0.6) is 0 Å². The number of nitrogens with two attached hydrogens (primary N) is 1. The average Bonchev–Trinajstić information content (AvgIpc) is 2.13. The van der Waals surface area contributed by atoms with Gasteiger partial charge in [0.1, 0.15) is 0 Å². The van der Waals surface area contributed by atoms with Crippen molar-refractivity contribution in [3.8, 4) is 0 Å². The zero-order valence-corrected chi connectivity index (χ0v) is 5.09. The second-order valence-corrected chi connectivity index (χ2v) is 1.84. The van der Waals surface area contributed by atoms with Crippen LogP contribution in [0.4, 0.5) is 0 Å². The minimum atomic E-state index is -0.503. The average molecular weight is 142 g/mol. The molecule has 54 valence electrons. The number of carbonyl (C=O) groups is 1. The lowest BCUT2D eigenvalue weighted by atomic mass is 10.3. The van der Waals surface area contributed by atoms with Crippen molar-refractivity contribution in [3.63, 3.8) is 0 Å². The highest BCUT2D eigenvalue weighted by molar-refractivity contribution is 5.75. The van der Waals surface area contributed by atoms with Crippen LogP contribution >= 0.6 is 0 Å². The van der Waals surface area contributed by atoms with E-state index >= 15 is 0 Å². The van der Waals surface area contributed by atoms with E-state index in [0.717, 1.165) is 0 Å². The van der Waals surface area contributed by atoms with Crippen LogP contribution in [0.3, 0.4) is 0 Å². The summed E-state index contributed by atoms with van der Waals surface area (Å²) in [5.74, 6) is -0.503. The third-order valence-corrected chi connectivity index (χ3v) is 0.939. The lowest BCUT2D eigenvalue weighted by Crippen LogP contribution is -2.13. The van der Waals surface area contributed by atoms with Gasteiger partial charge < -0.3 is 10.3 Å². The second kappa shape index (κ2) is 2.38. The van der Waals surface area contributed by atoms with Gasteiger partial charge in [0.25, 0.3) is 0 Å². The van der Waals surface area contributed by atoms with Crippen molar-refractivity contribution in [2.24, 2.45) is 5.73 Å². The van der Waals surface area contributed by atoms with Crippen LogP contribution in [0.2, 0.25) is 0 Å². The Morgan fingerprint density at radius 3 is 2.90 bits per heavy atom. The molecule has 5 nitrogen and oxygen atoms in total. The monoisotopic (exact) mass is 142 g/mol. The standard InChI is InChI=1S/C5H6N2O3/c6-4(8)1-3-2-5(9)10-7-3/h2,7H,1H2,(H2,6,8). The normalized spacial score (nSPS) is 9.60. The maximum atomic E-state index is 10.3. The Bertz CT molecular complexity index is 285. The zero-order valence-electron chi connectivity index (χ0n) is 5.09. The molecule has 1 amide bonds. The van der Waals surface area contributed by atoms with Gasteiger partial charge in [-0.1, -0.05) is 0 Å². The van der Waals surface area contributed by atoms with E-state index in [9.17, 15) is 9.59 Å². The molecule has 0 aromatic carbocycles. The topological polar surface area (TPSA) is 89.1 Å². The fourth-order valence-corrected chi connectivity index (χ4v) is 0.592. The molecule has 1 aromatic heterocycles. The predicted molar refractivity (Wildman–Crippen MR) is 32.2 cm³/mol. The van der Waals surface area contributed by atoms with Crippen LogP contribution < -0.4 is 11.4 Å². The van der Waals surface area contributed by atoms with Crippen LogP contribution in [-0.4, -0.2) is 11.1 Å². The summed E-state index contributed by atoms with van der Waals surface area (Å²) in [4.78, 5) is 20.6. The molecule has 0 saturated carbocycles. The molecule has 3 N–H and O–H groups in total. The van der Waals surface area contributed by atoms with Crippen molar-refractivity contribution < 1.29 is 9.32 Å². The molecule has 1 aromatic rings. The van der Waals surface area contributed by atoms with Gasteiger partial charge in [-0.15, -0.1) is 0 Å². The molecular formula is C5H6N2O3. The molecule has 0 aliphatic rings. The molecule has 0 atom stereocenters. The first kappa shape index (κ1) is 6.60. The maximum Gasteiger partial charge on any atom is 0.357 e. The van der Waals surface area contributed by atoms with E-state index in [2.05, 4.69) is 9.68 Å². The number of hydrogen-bond donors (Lipinski definition) is 2. The maximum absolute atomic E-state index is 10.3. The van der Waals surface area contributed by atoms with E-state index in [0.29, 0.717) is 5.69 Å². The van der Waals surface area contributed by atoms with Crippen molar-refractivity contribution in [2.45, 2.75) is 6.42 Å². The lowest BCUT2D eigenvalue weighted by molar-refractivity contribution is -0.117. The summed E-state index contributed by atoms with van der Waals surface area (Å²) in [5, 5.41) is 2.25. The first-order valence-corrected chi connectivity index (χ1v) is 2.64. The Labute approximate surface area is 55.8 Å². The highest BCUT2D eigenvalue weighted by Crippen LogP contribution is 1.88. The highest BCUT2D eigenvalue weighted by atomic mass is 16.5. The number of hydrogen-bond acceptors (Lipinski definition) is 3. The molecule has 5 heteroatoms. The van der Waals surface area contributed by atoms with E-state index in [4.69, 9.17) is 5.73 Å². The Kier molecular flexibility index (Phi) is 1.57. The molecule has 0 aliphatic carbocycles. The molecular weight excluding hydrogens is 136 g/mol. The number of carbonyl (C=O) groups excluding carboxylic acids is 1. The van der Waals surface area contributed by atoms with Crippen molar-refractivity contribution in [3.05, 3.63) is 22.2 Å². The van der Waals surface area contributed by atoms with Gasteiger partial charge in [-0.2, -0.15) is 0 Å². The molecule has 0 bridgehead atoms. The van der Waals surface area contributed by atoms with E-state index in [-0.39, 0.29) is 6.42 Å². The molecule has 0 saturated heterocycles. The van der Waals surface area contributed by atoms with Gasteiger partial charge in [-0.05, 0) is 0 Å². The molecule has 0 unspecified atom stereocenters. The van der Waals surface area contributed by atoms with E-state index in [1.54, 1.807) is 0 Å². The predicted octanol–water partition coefficient (Wildman–Crippen LogP) is -1.00. The first-order valence-electron chi connectivity index (χ1n) is 2.64. The summed E-state index contributed by atoms with van der Waals surface area (Å²) < 4.78 is 4.28. The van der Waals surface area contributed by atoms with Gasteiger partial charge in [-0.3, -0.25) is 4.79 Å². The number of aromatic amines is 1. The summed E-state index contributed by atoms with van der Waals surface area (Å²) in [7, 11) is 0. The van der Waals surface area contributed by atoms with Crippen LogP contribution in [0, 0.1) is 0 Å². The number of H-pyrrole nitrogens is 1. The molecule has 1 rings (SSSR count). The van der Waals surface area contributed by atoms with E-state index in [1.807, 2.05) is 0 Å². The van der Waals surface area contributed by atoms with E-state index in [1.165, 1.54) is 6.07 Å². The summed E-state index contributed by atoms with van der Waals surface area (Å²) in [6, 6.07) is 1.19. The van der Waals surface area contributed by atoms with Gasteiger partial charge >= 0.3 is 5.63 Å². The highest BCUT2D eigenvalue weighted by Gasteiger charge is 2.00. The van der Waals surface area contributed by atoms with Crippen molar-refractivity contribution in [1.82, 2.24) is 5.16 Å². The second-order valence-electron chi connectivity index (χ2n) is 1.84. The first-order chi connectivity index (χ1) is 4.68. The minimum absolute atomic E-state index is 0.00569. The van der Waals surface area contributed by atoms with Crippen LogP contribution in [0.15, 0.2) is 15.4 Å². The molecule has 1 heterocycles. The third-order valence-electron chi connectivity index (χ3n) is 0.939. The SMILES string of the molecule is NC(=O)Cc1cc(=O)o[nH]1. The van der Waals surface area contributed by atoms with Crippen molar-refractivity contribution in [1.29, 1.82) is 0 Å². The summed E-state index contributed by atoms with van der Waals surface area (Å²) in [6.45, 7) is 0. The van der Waals surface area contributed by atoms with Gasteiger partial charge in [0.15, 0.2) is 0 Å². The van der Waals surface area contributed by atoms with Crippen LogP contribution in [-0.2, 0) is 11.2 Å². The summed E-state index contributed by atoms with van der Waals surface area (Å²) >= 11 is 0. The number of primary amides is 1. The summed E-state index contributed by atoms with van der Waals surface area (Å²) in [5.41, 5.74) is 4.73. The van der Waals surface area contributed by atoms with Gasteiger partial charge in [0.2, 0.25) is 5.91 Å². The van der Waals surface area contributed by atoms with Gasteiger partial charge in [0.05, 0.1) is 12.1 Å². The van der Waals surface area contributed by atoms with Gasteiger partial charge in [-0.25, -0.2) is 9.95 Å². The zero-order chi connectivity index (χ0) is 7.56. The molecule has 0 radical (unpaired) electrons. The minimum Gasteiger partial charge on any atom is -0.369 e. The van der Waals surface area contributed by atoms with Crippen LogP contribution in [0.1, 0.15) is 5.69 Å². The van der Waals surface area contributed by atoms with Crippen LogP contribution in [0.25, 0.3) is 0 Å². The van der Waals surface area contributed by atoms with Crippen molar-refractivity contribution >= 4 is 5.91 Å². The fourth-order valence-electron chi connectivity index (χ4n) is 0.592. The number of rotatable bonds is 2. The number of amides is 1. The third kappa shape index (κ3) is 1.48. The Morgan fingerprint density at radius 1 is 1.80 bits per heavy atom. The van der Waals surface area contributed by atoms with E-state index < -0.39 is 11.5 Å². The van der Waals surface area contributed by atoms with Gasteiger partial charge in [0, 0.05) is 6.07 Å². The fraction of sp³-hybridized carbons (Fsp3) is 0.200. The molecule has 0 spiro atoms. The Morgan fingerprint density at radius 2 is 2.50 bits per heavy atom. The smallest absolute Gasteiger partial charge is 0.357 e. The molecule has 0 fully saturated rings. The Balaban J connectivity index is 2.76. The summed E-state index contributed by atoms with van der Waals surface area (Å²) in [6.07, 6.45) is 0.00569. The number of aromatic nitrogens is 1. The Hall–Kier alpha value is -1.52. The quantitative estimate of drug-likeness (QED) is 0.554. The number of nitrogens with one attached hydrogen (secondary N) is 1. The largest absolute Gasteiger partial charge is 0.369 e. The molecule has 10 heavy (non-hydrogen) atoms. The molecule has 0 aliphatic heterocycles.